The minimum atomic E-state index is 0.833. The lowest BCUT2D eigenvalue weighted by Gasteiger charge is -2.08. The van der Waals surface area contributed by atoms with Gasteiger partial charge in [0.1, 0.15) is 0 Å². The third kappa shape index (κ3) is 3.34. The highest BCUT2D eigenvalue weighted by atomic mass is 79.9. The van der Waals surface area contributed by atoms with E-state index in [1.807, 2.05) is 23.6 Å². The van der Waals surface area contributed by atoms with Gasteiger partial charge in [0.2, 0.25) is 0 Å². The van der Waals surface area contributed by atoms with Crippen LogP contribution in [0.5, 0.6) is 0 Å². The van der Waals surface area contributed by atoms with E-state index in [4.69, 9.17) is 0 Å². The van der Waals surface area contributed by atoms with Crippen LogP contribution < -0.4 is 5.32 Å². The third-order valence-corrected chi connectivity index (χ3v) is 5.40. The standard InChI is InChI=1S/C17H17BrN2S/c1-2-13-6-7-14(21-13)11-19-10-12-5-8-16(18)15-4-3-9-20-17(12)15/h3-9,19H,2,10-11H2,1H3. The van der Waals surface area contributed by atoms with Crippen LogP contribution in [-0.4, -0.2) is 4.98 Å². The molecule has 2 nitrogen and oxygen atoms in total. The average Bonchev–Trinajstić information content (AvgIpc) is 2.98. The number of aryl methyl sites for hydroxylation is 1. The molecule has 0 unspecified atom stereocenters. The number of nitrogens with zero attached hydrogens (tertiary/aromatic N) is 1. The van der Waals surface area contributed by atoms with E-state index in [0.29, 0.717) is 0 Å². The summed E-state index contributed by atoms with van der Waals surface area (Å²) in [6.45, 7) is 3.94. The highest BCUT2D eigenvalue weighted by Gasteiger charge is 2.05. The first-order chi connectivity index (χ1) is 10.3. The van der Waals surface area contributed by atoms with E-state index in [9.17, 15) is 0 Å². The normalized spacial score (nSPS) is 11.1. The monoisotopic (exact) mass is 360 g/mol. The molecule has 0 spiro atoms. The molecule has 3 aromatic rings. The zero-order chi connectivity index (χ0) is 14.7. The van der Waals surface area contributed by atoms with Crippen LogP contribution in [0, 0.1) is 0 Å². The number of fused-ring (bicyclic) bond motifs is 1. The van der Waals surface area contributed by atoms with Crippen LogP contribution in [0.2, 0.25) is 0 Å². The quantitative estimate of drug-likeness (QED) is 0.698. The SMILES string of the molecule is CCc1ccc(CNCc2ccc(Br)c3cccnc23)s1. The Labute approximate surface area is 137 Å². The minimum absolute atomic E-state index is 0.833. The van der Waals surface area contributed by atoms with E-state index in [0.717, 1.165) is 29.5 Å². The molecular formula is C17H17BrN2S. The molecule has 108 valence electrons. The number of hydrogen-bond donors (Lipinski definition) is 1. The van der Waals surface area contributed by atoms with Gasteiger partial charge in [-0.15, -0.1) is 11.3 Å². The van der Waals surface area contributed by atoms with Crippen LogP contribution in [0.4, 0.5) is 0 Å². The number of rotatable bonds is 5. The fourth-order valence-corrected chi connectivity index (χ4v) is 3.75. The highest BCUT2D eigenvalue weighted by Crippen LogP contribution is 2.25. The van der Waals surface area contributed by atoms with Crippen LogP contribution in [0.1, 0.15) is 22.2 Å². The van der Waals surface area contributed by atoms with Gasteiger partial charge in [0.25, 0.3) is 0 Å². The summed E-state index contributed by atoms with van der Waals surface area (Å²) in [5.41, 5.74) is 2.31. The van der Waals surface area contributed by atoms with Gasteiger partial charge in [-0.3, -0.25) is 4.98 Å². The number of aromatic nitrogens is 1. The maximum absolute atomic E-state index is 4.52. The highest BCUT2D eigenvalue weighted by molar-refractivity contribution is 9.10. The molecule has 0 aliphatic heterocycles. The third-order valence-electron chi connectivity index (χ3n) is 3.48. The number of halogens is 1. The van der Waals surface area contributed by atoms with Gasteiger partial charge in [-0.2, -0.15) is 0 Å². The number of thiophene rings is 1. The second kappa shape index (κ2) is 6.69. The van der Waals surface area contributed by atoms with Crippen molar-refractivity contribution in [3.05, 3.63) is 62.4 Å². The molecule has 0 aliphatic rings. The van der Waals surface area contributed by atoms with Crippen LogP contribution in [-0.2, 0) is 19.5 Å². The van der Waals surface area contributed by atoms with Crippen molar-refractivity contribution in [2.45, 2.75) is 26.4 Å². The Morgan fingerprint density at radius 3 is 2.76 bits per heavy atom. The van der Waals surface area contributed by atoms with Gasteiger partial charge >= 0.3 is 0 Å². The molecule has 0 bridgehead atoms. The molecule has 0 atom stereocenters. The molecule has 0 radical (unpaired) electrons. The number of nitrogens with one attached hydrogen (secondary N) is 1. The minimum Gasteiger partial charge on any atom is -0.308 e. The second-order valence-electron chi connectivity index (χ2n) is 4.93. The topological polar surface area (TPSA) is 24.9 Å². The molecule has 1 aromatic carbocycles. The fourth-order valence-electron chi connectivity index (χ4n) is 2.37. The van der Waals surface area contributed by atoms with E-state index < -0.39 is 0 Å². The number of pyridine rings is 1. The lowest BCUT2D eigenvalue weighted by molar-refractivity contribution is 0.703. The molecule has 0 aliphatic carbocycles. The Kier molecular flexibility index (Phi) is 4.68. The maximum atomic E-state index is 4.52. The molecule has 0 fully saturated rings. The van der Waals surface area contributed by atoms with Crippen molar-refractivity contribution in [2.24, 2.45) is 0 Å². The molecular weight excluding hydrogens is 344 g/mol. The average molecular weight is 361 g/mol. The van der Waals surface area contributed by atoms with Crippen molar-refractivity contribution >= 4 is 38.2 Å². The first-order valence-electron chi connectivity index (χ1n) is 7.08. The molecule has 3 rings (SSSR count). The van der Waals surface area contributed by atoms with Crippen LogP contribution in [0.25, 0.3) is 10.9 Å². The summed E-state index contributed by atoms with van der Waals surface area (Å²) in [6.07, 6.45) is 2.97. The van der Waals surface area contributed by atoms with E-state index in [-0.39, 0.29) is 0 Å². The fraction of sp³-hybridized carbons (Fsp3) is 0.235. The van der Waals surface area contributed by atoms with Gasteiger partial charge in [-0.05, 0) is 36.2 Å². The predicted molar refractivity (Wildman–Crippen MR) is 93.7 cm³/mol. The summed E-state index contributed by atoms with van der Waals surface area (Å²) in [7, 11) is 0. The second-order valence-corrected chi connectivity index (χ2v) is 7.04. The molecule has 4 heteroatoms. The van der Waals surface area contributed by atoms with Gasteiger partial charge in [0.15, 0.2) is 0 Å². The predicted octanol–water partition coefficient (Wildman–Crippen LogP) is 4.91. The Morgan fingerprint density at radius 1 is 1.10 bits per heavy atom. The first kappa shape index (κ1) is 14.7. The zero-order valence-electron chi connectivity index (χ0n) is 11.9. The largest absolute Gasteiger partial charge is 0.308 e. The van der Waals surface area contributed by atoms with E-state index in [2.05, 4.69) is 63.5 Å². The first-order valence-corrected chi connectivity index (χ1v) is 8.69. The van der Waals surface area contributed by atoms with Crippen molar-refractivity contribution in [1.29, 1.82) is 0 Å². The van der Waals surface area contributed by atoms with Gasteiger partial charge in [-0.1, -0.05) is 35.0 Å². The van der Waals surface area contributed by atoms with Crippen molar-refractivity contribution in [2.75, 3.05) is 0 Å². The van der Waals surface area contributed by atoms with E-state index in [1.54, 1.807) is 0 Å². The summed E-state index contributed by atoms with van der Waals surface area (Å²) >= 11 is 5.48. The summed E-state index contributed by atoms with van der Waals surface area (Å²) in [5, 5.41) is 4.69. The van der Waals surface area contributed by atoms with Crippen molar-refractivity contribution < 1.29 is 0 Å². The van der Waals surface area contributed by atoms with Crippen LogP contribution in [0.15, 0.2) is 47.1 Å². The molecule has 1 N–H and O–H groups in total. The maximum Gasteiger partial charge on any atom is 0.0758 e. The van der Waals surface area contributed by atoms with E-state index in [1.165, 1.54) is 20.7 Å². The summed E-state index contributed by atoms with van der Waals surface area (Å²) in [6, 6.07) is 12.7. The lowest BCUT2D eigenvalue weighted by Crippen LogP contribution is -2.12. The van der Waals surface area contributed by atoms with Crippen molar-refractivity contribution in [3.63, 3.8) is 0 Å². The Hall–Kier alpha value is -1.23. The van der Waals surface area contributed by atoms with Crippen LogP contribution in [0.3, 0.4) is 0 Å². The molecule has 2 heterocycles. The van der Waals surface area contributed by atoms with Gasteiger partial charge in [0, 0.05) is 38.9 Å². The summed E-state index contributed by atoms with van der Waals surface area (Å²) < 4.78 is 1.10. The Balaban J connectivity index is 1.72. The molecule has 21 heavy (non-hydrogen) atoms. The molecule has 0 amide bonds. The summed E-state index contributed by atoms with van der Waals surface area (Å²) in [4.78, 5) is 7.35. The molecule has 0 saturated heterocycles. The summed E-state index contributed by atoms with van der Waals surface area (Å²) in [5.74, 6) is 0. The Morgan fingerprint density at radius 2 is 1.95 bits per heavy atom. The van der Waals surface area contributed by atoms with Crippen LogP contribution >= 0.6 is 27.3 Å². The van der Waals surface area contributed by atoms with Crippen molar-refractivity contribution in [1.82, 2.24) is 10.3 Å². The van der Waals surface area contributed by atoms with Crippen molar-refractivity contribution in [3.8, 4) is 0 Å². The van der Waals surface area contributed by atoms with Gasteiger partial charge in [-0.25, -0.2) is 0 Å². The molecule has 0 saturated carbocycles. The Bertz CT molecular complexity index is 751. The van der Waals surface area contributed by atoms with Gasteiger partial charge < -0.3 is 5.32 Å². The zero-order valence-corrected chi connectivity index (χ0v) is 14.3. The smallest absolute Gasteiger partial charge is 0.0758 e. The lowest BCUT2D eigenvalue weighted by atomic mass is 10.1. The number of benzene rings is 1. The van der Waals surface area contributed by atoms with E-state index >= 15 is 0 Å². The number of hydrogen-bond acceptors (Lipinski definition) is 3. The molecule has 2 aromatic heterocycles. The van der Waals surface area contributed by atoms with Gasteiger partial charge in [0.05, 0.1) is 5.52 Å².